The Labute approximate surface area is 237 Å². The van der Waals surface area contributed by atoms with E-state index in [-0.39, 0.29) is 26.0 Å². The number of aromatic nitrogens is 2. The van der Waals surface area contributed by atoms with Crippen LogP contribution in [0.4, 0.5) is 19.0 Å². The van der Waals surface area contributed by atoms with Gasteiger partial charge in [0, 0.05) is 37.0 Å². The molecule has 2 aromatic heterocycles. The molecule has 9 heteroatoms. The molecule has 0 unspecified atom stereocenters. The van der Waals surface area contributed by atoms with E-state index in [0.29, 0.717) is 34.1 Å². The van der Waals surface area contributed by atoms with Crippen LogP contribution in [0.1, 0.15) is 73.8 Å². The van der Waals surface area contributed by atoms with Gasteiger partial charge in [0.05, 0.1) is 30.1 Å². The molecule has 1 saturated heterocycles. The standard InChI is InChI=1S/C22H23FN4O2.C7H16.C2H4F2.H2/c1-14-11-27(12-15(2)29-14)21-5-3-4-20(26-21)18-7-6-16-9-25-17(10-24-13-28)8-19(16)22(18)23;1-3-5-7-6-4-2;1-2(3)4;/h3-9,13-15H,10-12H2,1-2H3,(H,24,28);3-7H2,1-2H3;2H,1H3;1H/t14-,15+;;;. The van der Waals surface area contributed by atoms with E-state index in [9.17, 15) is 13.6 Å². The highest BCUT2D eigenvalue weighted by Crippen LogP contribution is 2.30. The number of alkyl halides is 2. The van der Waals surface area contributed by atoms with Gasteiger partial charge in [0.2, 0.25) is 12.8 Å². The van der Waals surface area contributed by atoms with Gasteiger partial charge in [-0.2, -0.15) is 0 Å². The lowest BCUT2D eigenvalue weighted by Gasteiger charge is -2.36. The first-order valence-electron chi connectivity index (χ1n) is 14.1. The first kappa shape index (κ1) is 33.0. The van der Waals surface area contributed by atoms with Crippen molar-refractivity contribution in [3.05, 3.63) is 54.1 Å². The summed E-state index contributed by atoms with van der Waals surface area (Å²) in [6.07, 6.45) is 7.29. The molecule has 1 N–H and O–H groups in total. The Balaban J connectivity index is 0.000000599. The van der Waals surface area contributed by atoms with Gasteiger partial charge < -0.3 is 15.0 Å². The van der Waals surface area contributed by atoms with E-state index in [0.717, 1.165) is 25.8 Å². The van der Waals surface area contributed by atoms with Gasteiger partial charge in [0.1, 0.15) is 11.6 Å². The lowest BCUT2D eigenvalue weighted by molar-refractivity contribution is -0.109. The molecule has 0 bridgehead atoms. The number of hydrogen-bond acceptors (Lipinski definition) is 5. The van der Waals surface area contributed by atoms with Crippen LogP contribution in [0.15, 0.2) is 42.6 Å². The Morgan fingerprint density at radius 2 is 1.75 bits per heavy atom. The molecule has 0 saturated carbocycles. The number of nitrogens with one attached hydrogen (secondary N) is 1. The number of morpholine rings is 1. The minimum Gasteiger partial charge on any atom is -0.372 e. The lowest BCUT2D eigenvalue weighted by Crippen LogP contribution is -2.45. The monoisotopic (exact) mass is 562 g/mol. The zero-order chi connectivity index (χ0) is 29.5. The van der Waals surface area contributed by atoms with Crippen molar-refractivity contribution >= 4 is 23.0 Å². The van der Waals surface area contributed by atoms with E-state index in [1.54, 1.807) is 18.3 Å². The minimum absolute atomic E-state index is 0. The summed E-state index contributed by atoms with van der Waals surface area (Å²) in [7, 11) is 0. The van der Waals surface area contributed by atoms with Crippen LogP contribution in [0.2, 0.25) is 0 Å². The molecular weight excluding hydrogens is 517 g/mol. The van der Waals surface area contributed by atoms with Gasteiger partial charge in [-0.1, -0.05) is 58.1 Å². The van der Waals surface area contributed by atoms with Gasteiger partial charge in [-0.3, -0.25) is 9.78 Å². The highest BCUT2D eigenvalue weighted by Gasteiger charge is 2.23. The van der Waals surface area contributed by atoms with Gasteiger partial charge in [-0.15, -0.1) is 0 Å². The fraction of sp³-hybridized carbons (Fsp3) is 0.516. The van der Waals surface area contributed by atoms with E-state index in [2.05, 4.69) is 29.0 Å². The Bertz CT molecular complexity index is 1170. The first-order chi connectivity index (χ1) is 19.2. The Kier molecular flexibility index (Phi) is 14.4. The van der Waals surface area contributed by atoms with Crippen molar-refractivity contribution in [2.75, 3.05) is 18.0 Å². The summed E-state index contributed by atoms with van der Waals surface area (Å²) in [5, 5.41) is 3.71. The van der Waals surface area contributed by atoms with Crippen LogP contribution < -0.4 is 10.2 Å². The Morgan fingerprint density at radius 3 is 2.35 bits per heavy atom. The first-order valence-corrected chi connectivity index (χ1v) is 14.1. The van der Waals surface area contributed by atoms with Crippen LogP contribution >= 0.6 is 0 Å². The maximum absolute atomic E-state index is 15.4. The molecule has 222 valence electrons. The number of nitrogens with zero attached hydrogens (tertiary/aromatic N) is 3. The maximum atomic E-state index is 15.4. The van der Waals surface area contributed by atoms with E-state index in [1.165, 1.54) is 32.1 Å². The molecule has 0 spiro atoms. The van der Waals surface area contributed by atoms with Crippen LogP contribution in [0.5, 0.6) is 0 Å². The molecule has 4 rings (SSSR count). The van der Waals surface area contributed by atoms with Gasteiger partial charge in [0.15, 0.2) is 0 Å². The second kappa shape index (κ2) is 17.5. The Hall–Kier alpha value is -3.20. The molecule has 1 amide bonds. The highest BCUT2D eigenvalue weighted by atomic mass is 19.3. The molecule has 1 aromatic carbocycles. The average Bonchev–Trinajstić information content (AvgIpc) is 2.92. The molecular formula is C31H45F3N4O2. The molecule has 3 heterocycles. The number of pyridine rings is 2. The number of hydrogen-bond donors (Lipinski definition) is 1. The largest absolute Gasteiger partial charge is 0.372 e. The van der Waals surface area contributed by atoms with Crippen LogP contribution in [0, 0.1) is 5.82 Å². The van der Waals surface area contributed by atoms with E-state index in [1.807, 2.05) is 38.1 Å². The molecule has 3 aromatic rings. The number of ether oxygens (including phenoxy) is 1. The molecule has 1 aliphatic heterocycles. The maximum Gasteiger partial charge on any atom is 0.235 e. The number of unbranched alkanes of at least 4 members (excludes halogenated alkanes) is 4. The van der Waals surface area contributed by atoms with E-state index < -0.39 is 6.43 Å². The van der Waals surface area contributed by atoms with Crippen molar-refractivity contribution in [1.29, 1.82) is 0 Å². The van der Waals surface area contributed by atoms with E-state index >= 15 is 4.39 Å². The van der Waals surface area contributed by atoms with Crippen molar-refractivity contribution in [2.24, 2.45) is 0 Å². The van der Waals surface area contributed by atoms with Gasteiger partial charge >= 0.3 is 0 Å². The van der Waals surface area contributed by atoms with Gasteiger partial charge in [0.25, 0.3) is 0 Å². The topological polar surface area (TPSA) is 67.4 Å². The summed E-state index contributed by atoms with van der Waals surface area (Å²) in [6.45, 7) is 11.2. The number of carbonyl (C=O) groups excluding carboxylic acids is 1. The normalized spacial score (nSPS) is 16.6. The van der Waals surface area contributed by atoms with Gasteiger partial charge in [-0.25, -0.2) is 18.2 Å². The lowest BCUT2D eigenvalue weighted by atomic mass is 10.0. The minimum atomic E-state index is -2.17. The van der Waals surface area contributed by atoms with Crippen molar-refractivity contribution < 1.29 is 24.1 Å². The predicted octanol–water partition coefficient (Wildman–Crippen LogP) is 7.79. The van der Waals surface area contributed by atoms with E-state index in [4.69, 9.17) is 9.72 Å². The molecule has 0 aliphatic carbocycles. The predicted molar refractivity (Wildman–Crippen MR) is 158 cm³/mol. The van der Waals surface area contributed by atoms with Crippen LogP contribution in [0.3, 0.4) is 0 Å². The van der Waals surface area contributed by atoms with Crippen molar-refractivity contribution in [3.8, 4) is 11.3 Å². The second-order valence-corrected chi connectivity index (χ2v) is 9.95. The number of carbonyl (C=O) groups is 1. The molecule has 1 aliphatic rings. The van der Waals surface area contributed by atoms with Crippen LogP contribution in [-0.4, -0.2) is 48.1 Å². The van der Waals surface area contributed by atoms with Crippen LogP contribution in [-0.2, 0) is 16.1 Å². The SMILES string of the molecule is CC(F)F.CCCCCCC.C[C@@H]1CN(c2cccc(-c3ccc4cnc(CNC=O)cc4c3F)n2)C[C@H](C)O1.[HH]. The number of fused-ring (bicyclic) bond motifs is 1. The molecule has 1 fully saturated rings. The van der Waals surface area contributed by atoms with Crippen molar-refractivity contribution in [1.82, 2.24) is 15.3 Å². The number of benzene rings is 1. The third-order valence-corrected chi connectivity index (χ3v) is 6.22. The zero-order valence-electron chi connectivity index (χ0n) is 24.3. The fourth-order valence-electron chi connectivity index (χ4n) is 4.46. The smallest absolute Gasteiger partial charge is 0.235 e. The quantitative estimate of drug-likeness (QED) is 0.213. The summed E-state index contributed by atoms with van der Waals surface area (Å²) in [5.74, 6) is 0.472. The Morgan fingerprint density at radius 1 is 1.10 bits per heavy atom. The van der Waals surface area contributed by atoms with Crippen molar-refractivity contribution in [2.45, 2.75) is 91.9 Å². The third kappa shape index (κ3) is 10.8. The summed E-state index contributed by atoms with van der Waals surface area (Å²) in [5.41, 5.74) is 1.62. The average molecular weight is 563 g/mol. The highest BCUT2D eigenvalue weighted by molar-refractivity contribution is 5.87. The van der Waals surface area contributed by atoms with Crippen LogP contribution in [0.25, 0.3) is 22.0 Å². The summed E-state index contributed by atoms with van der Waals surface area (Å²) < 4.78 is 41.8. The summed E-state index contributed by atoms with van der Waals surface area (Å²) in [4.78, 5) is 21.7. The molecule has 0 radical (unpaired) electrons. The number of anilines is 1. The zero-order valence-corrected chi connectivity index (χ0v) is 24.3. The summed E-state index contributed by atoms with van der Waals surface area (Å²) >= 11 is 0. The summed E-state index contributed by atoms with van der Waals surface area (Å²) in [6, 6.07) is 10.9. The fourth-order valence-corrected chi connectivity index (χ4v) is 4.46. The number of amides is 1. The third-order valence-electron chi connectivity index (χ3n) is 6.22. The second-order valence-electron chi connectivity index (χ2n) is 9.95. The number of halogens is 3. The van der Waals surface area contributed by atoms with Crippen molar-refractivity contribution in [3.63, 3.8) is 0 Å². The molecule has 6 nitrogen and oxygen atoms in total. The number of rotatable bonds is 9. The molecule has 2 atom stereocenters. The molecule has 40 heavy (non-hydrogen) atoms. The van der Waals surface area contributed by atoms with Gasteiger partial charge in [-0.05, 0) is 45.0 Å².